The smallest absolute Gasteiger partial charge is 0.246 e. The Morgan fingerprint density at radius 2 is 1.95 bits per heavy atom. The van der Waals surface area contributed by atoms with Gasteiger partial charge in [-0.05, 0) is 34.5 Å². The van der Waals surface area contributed by atoms with Gasteiger partial charge in [0.25, 0.3) is 0 Å². The maximum Gasteiger partial charge on any atom is 0.246 e. The fourth-order valence-corrected chi connectivity index (χ4v) is 3.86. The van der Waals surface area contributed by atoms with E-state index in [2.05, 4.69) is 0 Å². The zero-order chi connectivity index (χ0) is 15.5. The zero-order valence-electron chi connectivity index (χ0n) is 12.1. The lowest BCUT2D eigenvalue weighted by molar-refractivity contribution is 0.388. The highest BCUT2D eigenvalue weighted by molar-refractivity contribution is 7.89. The molecule has 5 nitrogen and oxygen atoms in total. The second kappa shape index (κ2) is 6.46. The molecule has 0 radical (unpaired) electrons. The second-order valence-electron chi connectivity index (χ2n) is 4.41. The Morgan fingerprint density at radius 1 is 1.19 bits per heavy atom. The Kier molecular flexibility index (Phi) is 4.87. The average molecular weight is 327 g/mol. The summed E-state index contributed by atoms with van der Waals surface area (Å²) in [5.74, 6) is 0.770. The highest BCUT2D eigenvalue weighted by Gasteiger charge is 2.25. The van der Waals surface area contributed by atoms with Crippen molar-refractivity contribution in [1.82, 2.24) is 4.31 Å². The summed E-state index contributed by atoms with van der Waals surface area (Å²) in [6.07, 6.45) is 0. The van der Waals surface area contributed by atoms with Gasteiger partial charge in [-0.1, -0.05) is 0 Å². The van der Waals surface area contributed by atoms with Crippen molar-refractivity contribution in [3.63, 3.8) is 0 Å². The topological polar surface area (TPSA) is 55.8 Å². The van der Waals surface area contributed by atoms with E-state index in [9.17, 15) is 8.42 Å². The molecule has 0 amide bonds. The van der Waals surface area contributed by atoms with Gasteiger partial charge in [0, 0.05) is 19.7 Å². The standard InChI is InChI=1S/C14H17NO4S2/c1-15(9-11-6-7-20-10-11)21(16,17)14-8-12(18-2)4-5-13(14)19-3/h4-8,10H,9H2,1-3H3. The van der Waals surface area contributed by atoms with Gasteiger partial charge in [-0.15, -0.1) is 0 Å². The monoisotopic (exact) mass is 327 g/mol. The van der Waals surface area contributed by atoms with E-state index in [0.29, 0.717) is 18.0 Å². The first kappa shape index (κ1) is 15.8. The molecule has 114 valence electrons. The summed E-state index contributed by atoms with van der Waals surface area (Å²) in [5.41, 5.74) is 0.952. The lowest BCUT2D eigenvalue weighted by Gasteiger charge is -2.19. The molecule has 0 saturated heterocycles. The fourth-order valence-electron chi connectivity index (χ4n) is 1.88. The lowest BCUT2D eigenvalue weighted by atomic mass is 10.3. The van der Waals surface area contributed by atoms with Crippen molar-refractivity contribution in [2.24, 2.45) is 0 Å². The predicted octanol–water partition coefficient (Wildman–Crippen LogP) is 2.59. The molecule has 0 aliphatic rings. The maximum atomic E-state index is 12.7. The van der Waals surface area contributed by atoms with Gasteiger partial charge < -0.3 is 9.47 Å². The molecule has 0 atom stereocenters. The average Bonchev–Trinajstić information content (AvgIpc) is 2.99. The second-order valence-corrected chi connectivity index (χ2v) is 7.20. The van der Waals surface area contributed by atoms with E-state index in [1.165, 1.54) is 35.9 Å². The van der Waals surface area contributed by atoms with Crippen LogP contribution in [-0.4, -0.2) is 34.0 Å². The Hall–Kier alpha value is -1.57. The van der Waals surface area contributed by atoms with Crippen molar-refractivity contribution < 1.29 is 17.9 Å². The summed E-state index contributed by atoms with van der Waals surface area (Å²) >= 11 is 1.54. The van der Waals surface area contributed by atoms with E-state index in [1.807, 2.05) is 16.8 Å². The van der Waals surface area contributed by atoms with Crippen LogP contribution in [-0.2, 0) is 16.6 Å². The number of hydrogen-bond acceptors (Lipinski definition) is 5. The van der Waals surface area contributed by atoms with Crippen LogP contribution in [0, 0.1) is 0 Å². The third kappa shape index (κ3) is 3.37. The van der Waals surface area contributed by atoms with Crippen molar-refractivity contribution >= 4 is 21.4 Å². The summed E-state index contributed by atoms with van der Waals surface area (Å²) in [4.78, 5) is 0.0991. The largest absolute Gasteiger partial charge is 0.497 e. The summed E-state index contributed by atoms with van der Waals surface area (Å²) in [6, 6.07) is 6.62. The molecule has 1 heterocycles. The minimum atomic E-state index is -3.66. The lowest BCUT2D eigenvalue weighted by Crippen LogP contribution is -2.26. The van der Waals surface area contributed by atoms with E-state index in [0.717, 1.165) is 5.56 Å². The molecule has 0 spiro atoms. The number of ether oxygens (including phenoxy) is 2. The van der Waals surface area contributed by atoms with Gasteiger partial charge in [0.05, 0.1) is 14.2 Å². The number of thiophene rings is 1. The number of hydrogen-bond donors (Lipinski definition) is 0. The van der Waals surface area contributed by atoms with Crippen LogP contribution in [0.25, 0.3) is 0 Å². The van der Waals surface area contributed by atoms with Crippen LogP contribution in [0.1, 0.15) is 5.56 Å². The molecule has 1 aromatic carbocycles. The first-order valence-corrected chi connectivity index (χ1v) is 8.56. The van der Waals surface area contributed by atoms with Gasteiger partial charge in [0.15, 0.2) is 0 Å². The molecule has 0 saturated carbocycles. The molecular formula is C14H17NO4S2. The van der Waals surface area contributed by atoms with E-state index < -0.39 is 10.0 Å². The molecule has 0 aliphatic carbocycles. The summed E-state index contributed by atoms with van der Waals surface area (Å²) in [5, 5.41) is 3.84. The molecule has 0 aliphatic heterocycles. The van der Waals surface area contributed by atoms with Gasteiger partial charge in [-0.2, -0.15) is 15.6 Å². The minimum absolute atomic E-state index is 0.0991. The first-order valence-electron chi connectivity index (χ1n) is 6.18. The minimum Gasteiger partial charge on any atom is -0.497 e. The molecule has 0 unspecified atom stereocenters. The van der Waals surface area contributed by atoms with Crippen molar-refractivity contribution in [3.8, 4) is 11.5 Å². The highest BCUT2D eigenvalue weighted by Crippen LogP contribution is 2.30. The van der Waals surface area contributed by atoms with Crippen molar-refractivity contribution in [2.75, 3.05) is 21.3 Å². The van der Waals surface area contributed by atoms with Gasteiger partial charge >= 0.3 is 0 Å². The molecule has 1 aromatic heterocycles. The zero-order valence-corrected chi connectivity index (χ0v) is 13.7. The number of benzene rings is 1. The van der Waals surface area contributed by atoms with Crippen molar-refractivity contribution in [1.29, 1.82) is 0 Å². The first-order chi connectivity index (χ1) is 9.98. The predicted molar refractivity (Wildman–Crippen MR) is 82.5 cm³/mol. The molecule has 7 heteroatoms. The van der Waals surface area contributed by atoms with E-state index >= 15 is 0 Å². The normalized spacial score (nSPS) is 11.6. The van der Waals surface area contributed by atoms with E-state index in [-0.39, 0.29) is 4.90 Å². The molecule has 2 rings (SSSR count). The highest BCUT2D eigenvalue weighted by atomic mass is 32.2. The SMILES string of the molecule is COc1ccc(OC)c(S(=O)(=O)N(C)Cc2ccsc2)c1. The molecule has 0 fully saturated rings. The van der Waals surface area contributed by atoms with Crippen LogP contribution < -0.4 is 9.47 Å². The van der Waals surface area contributed by atoms with Crippen LogP contribution in [0.2, 0.25) is 0 Å². The van der Waals surface area contributed by atoms with Crippen molar-refractivity contribution in [2.45, 2.75) is 11.4 Å². The molecule has 21 heavy (non-hydrogen) atoms. The molecule has 2 aromatic rings. The Bertz CT molecular complexity index is 696. The quantitative estimate of drug-likeness (QED) is 0.818. The Morgan fingerprint density at radius 3 is 2.52 bits per heavy atom. The summed E-state index contributed by atoms with van der Waals surface area (Å²) in [6.45, 7) is 0.312. The van der Waals surface area contributed by atoms with Crippen molar-refractivity contribution in [3.05, 3.63) is 40.6 Å². The number of nitrogens with zero attached hydrogens (tertiary/aromatic N) is 1. The van der Waals surface area contributed by atoms with Crippen LogP contribution in [0.15, 0.2) is 39.9 Å². The fraction of sp³-hybridized carbons (Fsp3) is 0.286. The van der Waals surface area contributed by atoms with Crippen LogP contribution in [0.4, 0.5) is 0 Å². The van der Waals surface area contributed by atoms with Gasteiger partial charge in [-0.3, -0.25) is 0 Å². The van der Waals surface area contributed by atoms with Gasteiger partial charge in [0.1, 0.15) is 16.4 Å². The summed E-state index contributed by atoms with van der Waals surface area (Å²) in [7, 11) is 0.828. The van der Waals surface area contributed by atoms with Gasteiger partial charge in [-0.25, -0.2) is 8.42 Å². The van der Waals surface area contributed by atoms with Crippen LogP contribution in [0.3, 0.4) is 0 Å². The van der Waals surface area contributed by atoms with Crippen LogP contribution in [0.5, 0.6) is 11.5 Å². The maximum absolute atomic E-state index is 12.7. The third-order valence-corrected chi connectivity index (χ3v) is 5.60. The number of methoxy groups -OCH3 is 2. The molecule has 0 bridgehead atoms. The number of sulfonamides is 1. The third-order valence-electron chi connectivity index (χ3n) is 3.04. The molecular weight excluding hydrogens is 310 g/mol. The Balaban J connectivity index is 2.38. The number of rotatable bonds is 6. The van der Waals surface area contributed by atoms with E-state index in [4.69, 9.17) is 9.47 Å². The van der Waals surface area contributed by atoms with Crippen LogP contribution >= 0.6 is 11.3 Å². The molecule has 0 N–H and O–H groups in total. The Labute approximate surface area is 128 Å². The summed E-state index contributed by atoms with van der Waals surface area (Å²) < 4.78 is 37.0. The van der Waals surface area contributed by atoms with E-state index in [1.54, 1.807) is 19.2 Å². The van der Waals surface area contributed by atoms with Gasteiger partial charge in [0.2, 0.25) is 10.0 Å².